The van der Waals surface area contributed by atoms with Crippen molar-refractivity contribution in [2.24, 2.45) is 0 Å². The van der Waals surface area contributed by atoms with Crippen LogP contribution >= 0.6 is 11.3 Å². The van der Waals surface area contributed by atoms with Gasteiger partial charge < -0.3 is 14.8 Å². The zero-order chi connectivity index (χ0) is 15.2. The second kappa shape index (κ2) is 7.33. The number of nitrogens with one attached hydrogen (secondary N) is 1. The van der Waals surface area contributed by atoms with E-state index in [1.807, 2.05) is 11.4 Å². The summed E-state index contributed by atoms with van der Waals surface area (Å²) < 4.78 is 0. The summed E-state index contributed by atoms with van der Waals surface area (Å²) in [5, 5.41) is 13.4. The van der Waals surface area contributed by atoms with Gasteiger partial charge in [0.2, 0.25) is 0 Å². The van der Waals surface area contributed by atoms with E-state index in [2.05, 4.69) is 43.1 Å². The molecule has 5 heteroatoms. The van der Waals surface area contributed by atoms with Gasteiger partial charge >= 0.3 is 0 Å². The van der Waals surface area contributed by atoms with Gasteiger partial charge in [0.1, 0.15) is 18.1 Å². The molecule has 1 aromatic carbocycles. The van der Waals surface area contributed by atoms with Gasteiger partial charge in [-0.15, -0.1) is 11.3 Å². The molecule has 0 saturated heterocycles. The maximum absolute atomic E-state index is 10.6. The summed E-state index contributed by atoms with van der Waals surface area (Å²) in [6.07, 6.45) is -0.105. The van der Waals surface area contributed by atoms with Crippen LogP contribution in [0.25, 0.3) is 0 Å². The first-order valence-electron chi connectivity index (χ1n) is 7.06. The van der Waals surface area contributed by atoms with E-state index in [4.69, 9.17) is 0 Å². The van der Waals surface area contributed by atoms with Gasteiger partial charge in [-0.05, 0) is 13.8 Å². The molecule has 0 fully saturated rings. The van der Waals surface area contributed by atoms with Crippen LogP contribution in [0.2, 0.25) is 0 Å². The number of aromatic nitrogens is 1. The first-order valence-corrected chi connectivity index (χ1v) is 7.94. The van der Waals surface area contributed by atoms with Crippen molar-refractivity contribution >= 4 is 17.3 Å². The predicted octanol–water partition coefficient (Wildman–Crippen LogP) is 0.429. The fraction of sp³-hybridized carbons (Fsp3) is 0.375. The van der Waals surface area contributed by atoms with Crippen LogP contribution < -0.4 is 10.0 Å². The lowest BCUT2D eigenvalue weighted by Gasteiger charge is -2.22. The third kappa shape index (κ3) is 4.95. The van der Waals surface area contributed by atoms with Crippen molar-refractivity contribution in [1.29, 1.82) is 0 Å². The Kier molecular flexibility index (Phi) is 5.47. The molecule has 1 aromatic heterocycles. The minimum absolute atomic E-state index is 0.105. The number of quaternary nitrogens is 1. The number of aliphatic carboxylic acids is 1. The summed E-state index contributed by atoms with van der Waals surface area (Å²) in [5.74, 6) is -1.08. The SMILES string of the molecule is CC(C)[NH+](Cc1ccccc1)Cc1nc(CC(=O)[O-])cs1. The molecule has 2 rings (SSSR count). The molecule has 0 radical (unpaired) electrons. The minimum Gasteiger partial charge on any atom is -0.550 e. The molecular weight excluding hydrogens is 284 g/mol. The van der Waals surface area contributed by atoms with Crippen LogP contribution in [0, 0.1) is 0 Å². The van der Waals surface area contributed by atoms with Gasteiger partial charge in [0, 0.05) is 23.3 Å². The summed E-state index contributed by atoms with van der Waals surface area (Å²) in [7, 11) is 0. The highest BCUT2D eigenvalue weighted by Crippen LogP contribution is 2.09. The largest absolute Gasteiger partial charge is 0.550 e. The first kappa shape index (κ1) is 15.7. The second-order valence-corrected chi connectivity index (χ2v) is 6.38. The van der Waals surface area contributed by atoms with Crippen LogP contribution in [0.3, 0.4) is 0 Å². The third-order valence-corrected chi connectivity index (χ3v) is 4.29. The van der Waals surface area contributed by atoms with E-state index >= 15 is 0 Å². The van der Waals surface area contributed by atoms with E-state index in [1.54, 1.807) is 0 Å². The molecule has 4 nitrogen and oxygen atoms in total. The van der Waals surface area contributed by atoms with E-state index in [0.717, 1.165) is 18.1 Å². The summed E-state index contributed by atoms with van der Waals surface area (Å²) in [4.78, 5) is 16.4. The van der Waals surface area contributed by atoms with Gasteiger partial charge in [0.05, 0.1) is 11.7 Å². The molecule has 0 amide bonds. The number of carbonyl (C=O) groups is 1. The standard InChI is InChI=1S/C16H20N2O2S/c1-12(2)18(9-13-6-4-3-5-7-13)10-15-17-14(11-21-15)8-16(19)20/h3-7,11-12H,8-10H2,1-2H3,(H,19,20). The molecule has 0 aliphatic heterocycles. The highest BCUT2D eigenvalue weighted by atomic mass is 32.1. The topological polar surface area (TPSA) is 57.5 Å². The van der Waals surface area contributed by atoms with E-state index in [-0.39, 0.29) is 6.42 Å². The van der Waals surface area contributed by atoms with Crippen LogP contribution in [0.15, 0.2) is 35.7 Å². The molecular formula is C16H20N2O2S. The second-order valence-electron chi connectivity index (χ2n) is 5.43. The Morgan fingerprint density at radius 2 is 2.00 bits per heavy atom. The Morgan fingerprint density at radius 1 is 1.29 bits per heavy atom. The smallest absolute Gasteiger partial charge is 0.147 e. The molecule has 0 aliphatic rings. The van der Waals surface area contributed by atoms with Crippen molar-refractivity contribution < 1.29 is 14.8 Å². The maximum Gasteiger partial charge on any atom is 0.147 e. The summed E-state index contributed by atoms with van der Waals surface area (Å²) in [5.41, 5.74) is 1.89. The predicted molar refractivity (Wildman–Crippen MR) is 80.8 cm³/mol. The number of hydrogen-bond donors (Lipinski definition) is 1. The molecule has 21 heavy (non-hydrogen) atoms. The molecule has 2 aromatic rings. The minimum atomic E-state index is -1.08. The summed E-state index contributed by atoms with van der Waals surface area (Å²) in [6.45, 7) is 6.13. The molecule has 1 unspecified atom stereocenters. The average molecular weight is 304 g/mol. The number of hydrogen-bond acceptors (Lipinski definition) is 4. The number of carbonyl (C=O) groups excluding carboxylic acids is 1. The van der Waals surface area contributed by atoms with Gasteiger partial charge in [-0.2, -0.15) is 0 Å². The molecule has 0 saturated carbocycles. The van der Waals surface area contributed by atoms with Crippen molar-refractivity contribution in [1.82, 2.24) is 4.98 Å². The van der Waals surface area contributed by atoms with Crippen molar-refractivity contribution in [3.8, 4) is 0 Å². The fourth-order valence-corrected chi connectivity index (χ4v) is 3.03. The Labute approximate surface area is 129 Å². The van der Waals surface area contributed by atoms with E-state index in [0.29, 0.717) is 11.7 Å². The summed E-state index contributed by atoms with van der Waals surface area (Å²) in [6, 6.07) is 10.9. The van der Waals surface area contributed by atoms with Crippen molar-refractivity contribution in [2.45, 2.75) is 39.4 Å². The Balaban J connectivity index is 2.02. The van der Waals surface area contributed by atoms with Crippen LogP contribution in [0.5, 0.6) is 0 Å². The highest BCUT2D eigenvalue weighted by molar-refractivity contribution is 7.09. The lowest BCUT2D eigenvalue weighted by Crippen LogP contribution is -3.12. The molecule has 0 aliphatic carbocycles. The van der Waals surface area contributed by atoms with Gasteiger partial charge in [0.25, 0.3) is 0 Å². The molecule has 0 bridgehead atoms. The van der Waals surface area contributed by atoms with Crippen molar-refractivity contribution in [2.75, 3.05) is 0 Å². The normalized spacial score (nSPS) is 12.5. The van der Waals surface area contributed by atoms with Crippen LogP contribution in [-0.4, -0.2) is 17.0 Å². The first-order chi connectivity index (χ1) is 10.0. The van der Waals surface area contributed by atoms with Gasteiger partial charge in [-0.1, -0.05) is 30.3 Å². The van der Waals surface area contributed by atoms with E-state index < -0.39 is 5.97 Å². The molecule has 0 spiro atoms. The van der Waals surface area contributed by atoms with Gasteiger partial charge in [0.15, 0.2) is 0 Å². The van der Waals surface area contributed by atoms with Crippen molar-refractivity contribution in [3.05, 3.63) is 52.0 Å². The Hall–Kier alpha value is -1.72. The Bertz CT molecular complexity index is 581. The fourth-order valence-electron chi connectivity index (χ4n) is 2.18. The molecule has 1 heterocycles. The zero-order valence-corrected chi connectivity index (χ0v) is 13.2. The molecule has 1 N–H and O–H groups in total. The zero-order valence-electron chi connectivity index (χ0n) is 12.3. The number of thiazole rings is 1. The van der Waals surface area contributed by atoms with Gasteiger partial charge in [-0.3, -0.25) is 0 Å². The van der Waals surface area contributed by atoms with E-state index in [9.17, 15) is 9.90 Å². The average Bonchev–Trinajstić information content (AvgIpc) is 2.85. The third-order valence-electron chi connectivity index (χ3n) is 3.39. The Morgan fingerprint density at radius 3 is 2.62 bits per heavy atom. The monoisotopic (exact) mass is 304 g/mol. The molecule has 112 valence electrons. The van der Waals surface area contributed by atoms with Crippen LogP contribution in [0.1, 0.15) is 30.1 Å². The number of benzene rings is 1. The maximum atomic E-state index is 10.6. The van der Waals surface area contributed by atoms with E-state index in [1.165, 1.54) is 21.8 Å². The number of carboxylic acids is 1. The summed E-state index contributed by atoms with van der Waals surface area (Å²) >= 11 is 1.52. The highest BCUT2D eigenvalue weighted by Gasteiger charge is 2.16. The van der Waals surface area contributed by atoms with Gasteiger partial charge in [-0.25, -0.2) is 4.98 Å². The van der Waals surface area contributed by atoms with Crippen molar-refractivity contribution in [3.63, 3.8) is 0 Å². The van der Waals surface area contributed by atoms with Crippen LogP contribution in [0.4, 0.5) is 0 Å². The van der Waals surface area contributed by atoms with Crippen LogP contribution in [-0.2, 0) is 24.3 Å². The quantitative estimate of drug-likeness (QED) is 0.807. The number of nitrogens with zero attached hydrogens (tertiary/aromatic N) is 1. The lowest BCUT2D eigenvalue weighted by molar-refractivity contribution is -0.948. The number of rotatable bonds is 7. The number of carboxylic acid groups (broad SMARTS) is 1. The lowest BCUT2D eigenvalue weighted by atomic mass is 10.2. The molecule has 1 atom stereocenters.